The predicted octanol–water partition coefficient (Wildman–Crippen LogP) is 5.19. The van der Waals surface area contributed by atoms with Gasteiger partial charge in [0.25, 0.3) is 0 Å². The Labute approximate surface area is 249 Å². The molecule has 5 rings (SSSR count). The number of pyridine rings is 1. The maximum atomic E-state index is 15.9. The fourth-order valence-corrected chi connectivity index (χ4v) is 5.99. The number of anilines is 3. The first-order valence-corrected chi connectivity index (χ1v) is 15.7. The summed E-state index contributed by atoms with van der Waals surface area (Å²) in [6, 6.07) is 11.4. The third-order valence-electron chi connectivity index (χ3n) is 6.91. The molecule has 10 nitrogen and oxygen atoms in total. The molecule has 1 unspecified atom stereocenters. The molecule has 4 aromatic rings. The number of aromatic nitrogens is 3. The minimum Gasteiger partial charge on any atom is -0.489 e. The number of morpholine rings is 1. The zero-order chi connectivity index (χ0) is 30.7. The Balaban J connectivity index is 1.72. The second-order valence-electron chi connectivity index (χ2n) is 10.6. The molecule has 0 radical (unpaired) electrons. The van der Waals surface area contributed by atoms with Crippen molar-refractivity contribution in [3.05, 3.63) is 54.5 Å². The summed E-state index contributed by atoms with van der Waals surface area (Å²) in [4.78, 5) is 16.1. The molecule has 0 amide bonds. The summed E-state index contributed by atoms with van der Waals surface area (Å²) in [5, 5.41) is 0.627. The first kappa shape index (κ1) is 30.4. The van der Waals surface area contributed by atoms with Crippen LogP contribution in [0, 0.1) is 5.82 Å². The van der Waals surface area contributed by atoms with Crippen molar-refractivity contribution in [2.45, 2.75) is 39.3 Å². The molecule has 3 N–H and O–H groups in total. The van der Waals surface area contributed by atoms with Crippen molar-refractivity contribution in [1.82, 2.24) is 15.0 Å². The predicted molar refractivity (Wildman–Crippen MR) is 164 cm³/mol. The van der Waals surface area contributed by atoms with Gasteiger partial charge in [-0.2, -0.15) is 0 Å². The van der Waals surface area contributed by atoms with Crippen LogP contribution in [0.3, 0.4) is 0 Å². The lowest BCUT2D eigenvalue weighted by Gasteiger charge is -2.35. The van der Waals surface area contributed by atoms with Crippen molar-refractivity contribution in [1.29, 1.82) is 0 Å². The van der Waals surface area contributed by atoms with Crippen molar-refractivity contribution >= 4 is 38.2 Å². The van der Waals surface area contributed by atoms with Gasteiger partial charge in [-0.25, -0.2) is 27.8 Å². The third-order valence-corrected chi connectivity index (χ3v) is 8.27. The quantitative estimate of drug-likeness (QED) is 0.248. The zero-order valence-corrected chi connectivity index (χ0v) is 25.0. The summed E-state index contributed by atoms with van der Waals surface area (Å²) in [5.41, 5.74) is 7.36. The number of nitrogens with two attached hydrogens (primary N) is 1. The first-order valence-electron chi connectivity index (χ1n) is 14.0. The second kappa shape index (κ2) is 12.6. The number of hydrogen-bond acceptors (Lipinski definition) is 9. The summed E-state index contributed by atoms with van der Waals surface area (Å²) in [7, 11) is -3.94. The highest BCUT2D eigenvalue weighted by Crippen LogP contribution is 2.40. The highest BCUT2D eigenvalue weighted by molar-refractivity contribution is 7.92. The van der Waals surface area contributed by atoms with Crippen LogP contribution in [-0.4, -0.2) is 67.7 Å². The molecule has 1 aliphatic heterocycles. The number of nitrogens with one attached hydrogen (secondary N) is 1. The van der Waals surface area contributed by atoms with E-state index in [9.17, 15) is 12.8 Å². The van der Waals surface area contributed by atoms with Gasteiger partial charge in [-0.3, -0.25) is 9.11 Å². The number of benzene rings is 2. The molecule has 0 bridgehead atoms. The van der Waals surface area contributed by atoms with E-state index in [1.165, 1.54) is 6.07 Å². The van der Waals surface area contributed by atoms with Gasteiger partial charge in [0.05, 0.1) is 43.5 Å². The fraction of sp³-hybridized carbons (Fsp3) is 0.367. The number of rotatable bonds is 10. The third kappa shape index (κ3) is 6.78. The molecule has 0 spiro atoms. The van der Waals surface area contributed by atoms with E-state index in [0.717, 1.165) is 0 Å². The average molecular weight is 613 g/mol. The van der Waals surface area contributed by atoms with Gasteiger partial charge < -0.3 is 20.1 Å². The summed E-state index contributed by atoms with van der Waals surface area (Å²) in [6.07, 6.45) is 1.18. The Morgan fingerprint density at radius 3 is 2.70 bits per heavy atom. The maximum absolute atomic E-state index is 15.9. The molecule has 3 heterocycles. The molecule has 13 heteroatoms. The van der Waals surface area contributed by atoms with Gasteiger partial charge in [0.1, 0.15) is 22.9 Å². The van der Waals surface area contributed by atoms with E-state index in [-0.39, 0.29) is 29.8 Å². The fourth-order valence-electron chi connectivity index (χ4n) is 4.91. The molecule has 1 atom stereocenters. The number of sulfonamides is 1. The van der Waals surface area contributed by atoms with E-state index in [0.29, 0.717) is 65.0 Å². The van der Waals surface area contributed by atoms with Crippen molar-refractivity contribution in [2.75, 3.05) is 47.5 Å². The van der Waals surface area contributed by atoms with Gasteiger partial charge in [-0.1, -0.05) is 12.1 Å². The van der Waals surface area contributed by atoms with Crippen molar-refractivity contribution in [3.63, 3.8) is 0 Å². The molecule has 43 heavy (non-hydrogen) atoms. The Bertz CT molecular complexity index is 1720. The van der Waals surface area contributed by atoms with Crippen molar-refractivity contribution in [2.24, 2.45) is 0 Å². The van der Waals surface area contributed by atoms with Crippen LogP contribution >= 0.6 is 0 Å². The smallest absolute Gasteiger partial charge is 0.232 e. The van der Waals surface area contributed by atoms with E-state index in [1.54, 1.807) is 42.6 Å². The van der Waals surface area contributed by atoms with Crippen LogP contribution in [-0.2, 0) is 14.8 Å². The molecule has 228 valence electrons. The van der Waals surface area contributed by atoms with Crippen LogP contribution in [0.15, 0.2) is 48.7 Å². The van der Waals surface area contributed by atoms with Crippen molar-refractivity contribution in [3.8, 4) is 28.3 Å². The number of alkyl halides is 1. The summed E-state index contributed by atoms with van der Waals surface area (Å²) >= 11 is 0. The first-order chi connectivity index (χ1) is 20.6. The SMILES string of the molecule is CC(C)Oc1cc(-c2cccc(NS(=O)(=O)CCCF)c2F)cc2c(N3CCOCC3C)nc(-c3ccc(N)nc3)nc12. The number of ether oxygens (including phenoxy) is 2. The molecule has 1 fully saturated rings. The molecular weight excluding hydrogens is 578 g/mol. The normalized spacial score (nSPS) is 15.7. The van der Waals surface area contributed by atoms with Gasteiger partial charge >= 0.3 is 0 Å². The highest BCUT2D eigenvalue weighted by Gasteiger charge is 2.26. The van der Waals surface area contributed by atoms with Crippen LogP contribution in [0.2, 0.25) is 0 Å². The minimum atomic E-state index is -3.94. The lowest BCUT2D eigenvalue weighted by molar-refractivity contribution is 0.0987. The van der Waals surface area contributed by atoms with Gasteiger partial charge in [0.15, 0.2) is 11.6 Å². The molecule has 0 saturated carbocycles. The van der Waals surface area contributed by atoms with Crippen LogP contribution < -0.4 is 20.1 Å². The zero-order valence-electron chi connectivity index (χ0n) is 24.2. The molecular formula is C30H34F2N6O4S. The maximum Gasteiger partial charge on any atom is 0.232 e. The largest absolute Gasteiger partial charge is 0.489 e. The van der Waals surface area contributed by atoms with E-state index in [4.69, 9.17) is 25.2 Å². The van der Waals surface area contributed by atoms with Crippen LogP contribution in [0.1, 0.15) is 27.2 Å². The standard InChI is InChI=1S/C30H34F2N6O4S/c1-18(2)42-25-15-21(22-6-4-7-24(27(22)32)37-43(39,40)13-5-10-31)14-23-28(25)35-29(20-8-9-26(33)34-16-20)36-30(23)38-11-12-41-17-19(38)3/h4,6-9,14-16,18-19,37H,5,10-13,17H2,1-3H3,(H2,33,34). The molecule has 2 aromatic heterocycles. The Morgan fingerprint density at radius 2 is 2.00 bits per heavy atom. The van der Waals surface area contributed by atoms with E-state index in [1.807, 2.05) is 20.8 Å². The highest BCUT2D eigenvalue weighted by atomic mass is 32.2. The molecule has 1 aliphatic rings. The molecule has 1 saturated heterocycles. The molecule has 2 aromatic carbocycles. The van der Waals surface area contributed by atoms with Gasteiger partial charge in [0, 0.05) is 29.3 Å². The lowest BCUT2D eigenvalue weighted by atomic mass is 10.0. The van der Waals surface area contributed by atoms with Gasteiger partial charge in [0.2, 0.25) is 10.0 Å². The van der Waals surface area contributed by atoms with E-state index in [2.05, 4.69) is 14.6 Å². The number of nitrogen functional groups attached to an aromatic ring is 1. The summed E-state index contributed by atoms with van der Waals surface area (Å²) in [6.45, 7) is 6.57. The number of fused-ring (bicyclic) bond motifs is 1. The summed E-state index contributed by atoms with van der Waals surface area (Å²) < 4.78 is 67.5. The number of halogens is 2. The van der Waals surface area contributed by atoms with Gasteiger partial charge in [-0.15, -0.1) is 0 Å². The average Bonchev–Trinajstić information content (AvgIpc) is 2.97. The summed E-state index contributed by atoms with van der Waals surface area (Å²) in [5.74, 6) is 0.587. The van der Waals surface area contributed by atoms with Gasteiger partial charge in [-0.05, 0) is 63.1 Å². The van der Waals surface area contributed by atoms with Crippen LogP contribution in [0.25, 0.3) is 33.4 Å². The Morgan fingerprint density at radius 1 is 1.19 bits per heavy atom. The monoisotopic (exact) mass is 612 g/mol. The van der Waals surface area contributed by atoms with Crippen molar-refractivity contribution < 1.29 is 26.7 Å². The van der Waals surface area contributed by atoms with E-state index >= 15 is 4.39 Å². The lowest BCUT2D eigenvalue weighted by Crippen LogP contribution is -2.44. The van der Waals surface area contributed by atoms with E-state index < -0.39 is 28.3 Å². The number of nitrogens with zero attached hydrogens (tertiary/aromatic N) is 4. The topological polar surface area (TPSA) is 133 Å². The Kier molecular flexibility index (Phi) is 8.92. The van der Waals surface area contributed by atoms with Crippen LogP contribution in [0.4, 0.5) is 26.1 Å². The Hall–Kier alpha value is -4.10. The van der Waals surface area contributed by atoms with Crippen LogP contribution in [0.5, 0.6) is 5.75 Å². The molecule has 0 aliphatic carbocycles. The number of hydrogen-bond donors (Lipinski definition) is 2. The minimum absolute atomic E-state index is 0.0128. The second-order valence-corrected chi connectivity index (χ2v) is 12.5.